The second-order valence-corrected chi connectivity index (χ2v) is 5.23. The van der Waals surface area contributed by atoms with Gasteiger partial charge in [0.05, 0.1) is 11.3 Å². The summed E-state index contributed by atoms with van der Waals surface area (Å²) in [5, 5.41) is 5.86. The topological polar surface area (TPSA) is 24.9 Å². The van der Waals surface area contributed by atoms with Gasteiger partial charge in [0.2, 0.25) is 0 Å². The lowest BCUT2D eigenvalue weighted by Crippen LogP contribution is -2.11. The zero-order chi connectivity index (χ0) is 12.3. The van der Waals surface area contributed by atoms with E-state index >= 15 is 0 Å². The average Bonchev–Trinajstić information content (AvgIpc) is 2.75. The molecular weight excluding hydrogens is 303 g/mol. The highest BCUT2D eigenvalue weighted by Crippen LogP contribution is 2.32. The number of hydrogen-bond donors (Lipinski definition) is 1. The average molecular weight is 315 g/mol. The van der Waals surface area contributed by atoms with Crippen LogP contribution in [-0.2, 0) is 6.54 Å². The van der Waals surface area contributed by atoms with Gasteiger partial charge in [0, 0.05) is 16.4 Å². The minimum atomic E-state index is -0.247. The fraction of sp³-hybridized carbons (Fsp3) is 0.250. The highest BCUT2D eigenvalue weighted by atomic mass is 79.9. The van der Waals surface area contributed by atoms with Gasteiger partial charge in [-0.05, 0) is 34.6 Å². The van der Waals surface area contributed by atoms with E-state index in [2.05, 4.69) is 26.2 Å². The number of benzene rings is 1. The van der Waals surface area contributed by atoms with Crippen molar-refractivity contribution < 1.29 is 4.39 Å². The fourth-order valence-corrected chi connectivity index (χ4v) is 3.00. The number of aromatic nitrogens is 1. The Balaban J connectivity index is 2.30. The van der Waals surface area contributed by atoms with Gasteiger partial charge in [-0.3, -0.25) is 0 Å². The maximum absolute atomic E-state index is 13.7. The van der Waals surface area contributed by atoms with Crippen LogP contribution in [0.4, 0.5) is 4.39 Å². The van der Waals surface area contributed by atoms with Gasteiger partial charge in [-0.2, -0.15) is 0 Å². The van der Waals surface area contributed by atoms with Crippen molar-refractivity contribution in [3.8, 4) is 10.6 Å². The third-order valence-electron chi connectivity index (χ3n) is 2.28. The molecule has 0 radical (unpaired) electrons. The van der Waals surface area contributed by atoms with E-state index in [9.17, 15) is 4.39 Å². The molecule has 1 N–H and O–H groups in total. The van der Waals surface area contributed by atoms with Crippen molar-refractivity contribution in [1.82, 2.24) is 10.3 Å². The summed E-state index contributed by atoms with van der Waals surface area (Å²) < 4.78 is 14.5. The van der Waals surface area contributed by atoms with Crippen LogP contribution in [0, 0.1) is 5.82 Å². The lowest BCUT2D eigenvalue weighted by molar-refractivity contribution is 0.630. The highest BCUT2D eigenvalue weighted by Gasteiger charge is 2.12. The molecule has 2 rings (SSSR count). The maximum Gasteiger partial charge on any atom is 0.134 e. The lowest BCUT2D eigenvalue weighted by Gasteiger charge is -2.01. The van der Waals surface area contributed by atoms with E-state index < -0.39 is 0 Å². The molecule has 0 saturated carbocycles. The maximum atomic E-state index is 13.7. The van der Waals surface area contributed by atoms with Gasteiger partial charge in [-0.15, -0.1) is 11.3 Å². The molecule has 0 unspecified atom stereocenters. The summed E-state index contributed by atoms with van der Waals surface area (Å²) in [4.78, 5) is 4.43. The highest BCUT2D eigenvalue weighted by molar-refractivity contribution is 9.10. The SMILES string of the molecule is CCNCc1csc(-c2c(F)cccc2Br)n1. The Bertz CT molecular complexity index is 493. The Morgan fingerprint density at radius 3 is 3.00 bits per heavy atom. The zero-order valence-electron chi connectivity index (χ0n) is 9.34. The van der Waals surface area contributed by atoms with E-state index in [1.54, 1.807) is 6.07 Å². The normalized spacial score (nSPS) is 10.8. The van der Waals surface area contributed by atoms with E-state index in [0.717, 1.165) is 23.3 Å². The van der Waals surface area contributed by atoms with Crippen LogP contribution in [0.2, 0.25) is 0 Å². The molecule has 5 heteroatoms. The Hall–Kier alpha value is -0.780. The van der Waals surface area contributed by atoms with Gasteiger partial charge in [-0.1, -0.05) is 13.0 Å². The molecule has 0 saturated heterocycles. The zero-order valence-corrected chi connectivity index (χ0v) is 11.7. The third-order valence-corrected chi connectivity index (χ3v) is 3.85. The van der Waals surface area contributed by atoms with Gasteiger partial charge in [0.1, 0.15) is 10.8 Å². The summed E-state index contributed by atoms with van der Waals surface area (Å²) in [5.41, 5.74) is 1.49. The summed E-state index contributed by atoms with van der Waals surface area (Å²) in [6, 6.07) is 4.95. The largest absolute Gasteiger partial charge is 0.311 e. The summed E-state index contributed by atoms with van der Waals surface area (Å²) >= 11 is 4.82. The molecule has 0 fully saturated rings. The van der Waals surface area contributed by atoms with E-state index in [-0.39, 0.29) is 5.82 Å². The smallest absolute Gasteiger partial charge is 0.134 e. The van der Waals surface area contributed by atoms with E-state index in [4.69, 9.17) is 0 Å². The Morgan fingerprint density at radius 2 is 2.29 bits per heavy atom. The Morgan fingerprint density at radius 1 is 1.47 bits per heavy atom. The second-order valence-electron chi connectivity index (χ2n) is 3.52. The standard InChI is InChI=1S/C12H12BrFN2S/c1-2-15-6-8-7-17-12(16-8)11-9(13)4-3-5-10(11)14/h3-5,7,15H,2,6H2,1H3. The monoisotopic (exact) mass is 314 g/mol. The molecular formula is C12H12BrFN2S. The summed E-state index contributed by atoms with van der Waals surface area (Å²) in [5.74, 6) is -0.247. The van der Waals surface area contributed by atoms with Crippen molar-refractivity contribution in [1.29, 1.82) is 0 Å². The molecule has 0 spiro atoms. The Kier molecular flexibility index (Phi) is 4.25. The molecule has 0 atom stereocenters. The predicted molar refractivity (Wildman–Crippen MR) is 72.6 cm³/mol. The molecule has 1 aromatic carbocycles. The first-order chi connectivity index (χ1) is 8.22. The van der Waals surface area contributed by atoms with Crippen LogP contribution in [0.25, 0.3) is 10.6 Å². The van der Waals surface area contributed by atoms with Crippen molar-refractivity contribution in [2.24, 2.45) is 0 Å². The van der Waals surface area contributed by atoms with Crippen LogP contribution < -0.4 is 5.32 Å². The van der Waals surface area contributed by atoms with Gasteiger partial charge in [0.25, 0.3) is 0 Å². The quantitative estimate of drug-likeness (QED) is 0.928. The van der Waals surface area contributed by atoms with Crippen LogP contribution in [0.5, 0.6) is 0 Å². The van der Waals surface area contributed by atoms with Crippen LogP contribution in [0.1, 0.15) is 12.6 Å². The molecule has 1 heterocycles. The van der Waals surface area contributed by atoms with E-state index in [1.807, 2.05) is 18.4 Å². The van der Waals surface area contributed by atoms with Gasteiger partial charge < -0.3 is 5.32 Å². The van der Waals surface area contributed by atoms with Crippen LogP contribution in [0.15, 0.2) is 28.1 Å². The lowest BCUT2D eigenvalue weighted by atomic mass is 10.2. The molecule has 2 aromatic rings. The molecule has 0 aliphatic rings. The second kappa shape index (κ2) is 5.71. The molecule has 0 bridgehead atoms. The van der Waals surface area contributed by atoms with Gasteiger partial charge >= 0.3 is 0 Å². The first-order valence-electron chi connectivity index (χ1n) is 5.32. The van der Waals surface area contributed by atoms with Crippen LogP contribution in [-0.4, -0.2) is 11.5 Å². The minimum Gasteiger partial charge on any atom is -0.311 e. The molecule has 0 aliphatic carbocycles. The number of halogens is 2. The van der Waals surface area contributed by atoms with Crippen molar-refractivity contribution in [2.75, 3.05) is 6.54 Å². The molecule has 90 valence electrons. The minimum absolute atomic E-state index is 0.247. The summed E-state index contributed by atoms with van der Waals surface area (Å²) in [7, 11) is 0. The summed E-state index contributed by atoms with van der Waals surface area (Å²) in [6.45, 7) is 3.66. The summed E-state index contributed by atoms with van der Waals surface area (Å²) in [6.07, 6.45) is 0. The van der Waals surface area contributed by atoms with Crippen molar-refractivity contribution in [3.05, 3.63) is 39.6 Å². The predicted octanol–water partition coefficient (Wildman–Crippen LogP) is 3.82. The Labute approximate surface area is 112 Å². The van der Waals surface area contributed by atoms with Gasteiger partial charge in [0.15, 0.2) is 0 Å². The molecule has 17 heavy (non-hydrogen) atoms. The first-order valence-corrected chi connectivity index (χ1v) is 6.99. The molecule has 2 nitrogen and oxygen atoms in total. The fourth-order valence-electron chi connectivity index (χ4n) is 1.46. The number of rotatable bonds is 4. The molecule has 1 aromatic heterocycles. The van der Waals surface area contributed by atoms with Crippen LogP contribution >= 0.6 is 27.3 Å². The molecule has 0 amide bonds. The first kappa shape index (κ1) is 12.7. The van der Waals surface area contributed by atoms with Crippen molar-refractivity contribution >= 4 is 27.3 Å². The number of nitrogens with zero attached hydrogens (tertiary/aromatic N) is 1. The van der Waals surface area contributed by atoms with Gasteiger partial charge in [-0.25, -0.2) is 9.37 Å². The number of nitrogens with one attached hydrogen (secondary N) is 1. The molecule has 0 aliphatic heterocycles. The van der Waals surface area contributed by atoms with Crippen molar-refractivity contribution in [3.63, 3.8) is 0 Å². The third kappa shape index (κ3) is 2.91. The van der Waals surface area contributed by atoms with Crippen LogP contribution in [0.3, 0.4) is 0 Å². The van der Waals surface area contributed by atoms with E-state index in [0.29, 0.717) is 10.6 Å². The van der Waals surface area contributed by atoms with E-state index in [1.165, 1.54) is 17.4 Å². The number of hydrogen-bond acceptors (Lipinski definition) is 3. The van der Waals surface area contributed by atoms with Crippen molar-refractivity contribution in [2.45, 2.75) is 13.5 Å². The number of thiazole rings is 1.